The molecule has 2 aromatic heterocycles. The number of aromatic amines is 1. The van der Waals surface area contributed by atoms with E-state index in [0.717, 1.165) is 17.8 Å². The average Bonchev–Trinajstić information content (AvgIpc) is 2.77. The van der Waals surface area contributed by atoms with Gasteiger partial charge in [-0.15, -0.1) is 0 Å². The lowest BCUT2D eigenvalue weighted by Crippen LogP contribution is -2.08. The molecule has 80 valence electrons. The Morgan fingerprint density at radius 1 is 1.53 bits per heavy atom. The van der Waals surface area contributed by atoms with Gasteiger partial charge >= 0.3 is 0 Å². The fraction of sp³-hybridized carbons (Fsp3) is 0.364. The summed E-state index contributed by atoms with van der Waals surface area (Å²) >= 11 is 0. The molecule has 3 N–H and O–H groups in total. The summed E-state index contributed by atoms with van der Waals surface area (Å²) in [5, 5.41) is 4.43. The first-order chi connectivity index (χ1) is 7.24. The van der Waals surface area contributed by atoms with Gasteiger partial charge in [-0.3, -0.25) is 4.68 Å². The lowest BCUT2D eigenvalue weighted by atomic mass is 10.1. The summed E-state index contributed by atoms with van der Waals surface area (Å²) in [7, 11) is 1.96. The van der Waals surface area contributed by atoms with Crippen LogP contribution in [-0.2, 0) is 13.5 Å². The van der Waals surface area contributed by atoms with Crippen molar-refractivity contribution >= 4 is 0 Å². The van der Waals surface area contributed by atoms with Crippen LogP contribution < -0.4 is 5.73 Å². The Hall–Kier alpha value is -1.55. The topological polar surface area (TPSA) is 59.6 Å². The van der Waals surface area contributed by atoms with E-state index < -0.39 is 0 Å². The van der Waals surface area contributed by atoms with Gasteiger partial charge in [0.25, 0.3) is 0 Å². The second kappa shape index (κ2) is 3.90. The van der Waals surface area contributed by atoms with Gasteiger partial charge in [-0.2, -0.15) is 5.10 Å². The number of hydrogen-bond donors (Lipinski definition) is 2. The molecule has 15 heavy (non-hydrogen) atoms. The van der Waals surface area contributed by atoms with E-state index in [2.05, 4.69) is 16.1 Å². The summed E-state index contributed by atoms with van der Waals surface area (Å²) in [6.45, 7) is 2.67. The van der Waals surface area contributed by atoms with Crippen LogP contribution in [0.15, 0.2) is 18.3 Å². The second-order valence-corrected chi connectivity index (χ2v) is 3.65. The largest absolute Gasteiger partial charge is 0.361 e. The fourth-order valence-electron chi connectivity index (χ4n) is 1.97. The molecule has 0 saturated carbocycles. The molecule has 0 aliphatic carbocycles. The number of H-pyrrole nitrogens is 1. The number of nitrogens with one attached hydrogen (secondary N) is 1. The molecular weight excluding hydrogens is 188 g/mol. The van der Waals surface area contributed by atoms with Crippen molar-refractivity contribution in [2.75, 3.05) is 6.54 Å². The van der Waals surface area contributed by atoms with E-state index in [1.54, 1.807) is 0 Å². The molecule has 0 atom stereocenters. The molecule has 0 aliphatic heterocycles. The number of hydrogen-bond acceptors (Lipinski definition) is 2. The molecule has 0 spiro atoms. The molecule has 0 bridgehead atoms. The molecule has 2 rings (SSSR count). The predicted octanol–water partition coefficient (Wildman–Crippen LogP) is 1.22. The summed E-state index contributed by atoms with van der Waals surface area (Å²) in [6, 6.07) is 4.05. The Morgan fingerprint density at radius 2 is 2.33 bits per heavy atom. The zero-order valence-electron chi connectivity index (χ0n) is 9.12. The van der Waals surface area contributed by atoms with Crippen molar-refractivity contribution in [3.05, 3.63) is 29.7 Å². The van der Waals surface area contributed by atoms with Gasteiger partial charge in [0, 0.05) is 36.6 Å². The molecule has 0 radical (unpaired) electrons. The monoisotopic (exact) mass is 204 g/mol. The summed E-state index contributed by atoms with van der Waals surface area (Å²) in [6.07, 6.45) is 2.78. The van der Waals surface area contributed by atoms with E-state index in [1.165, 1.54) is 11.3 Å². The molecule has 0 amide bonds. The van der Waals surface area contributed by atoms with Crippen molar-refractivity contribution in [2.24, 2.45) is 12.8 Å². The molecular formula is C11H16N4. The van der Waals surface area contributed by atoms with Crippen molar-refractivity contribution in [2.45, 2.75) is 13.3 Å². The van der Waals surface area contributed by atoms with E-state index in [9.17, 15) is 0 Å². The zero-order valence-corrected chi connectivity index (χ0v) is 9.12. The van der Waals surface area contributed by atoms with E-state index >= 15 is 0 Å². The molecule has 0 aliphatic rings. The number of aromatic nitrogens is 3. The van der Waals surface area contributed by atoms with Gasteiger partial charge in [-0.25, -0.2) is 0 Å². The van der Waals surface area contributed by atoms with Gasteiger partial charge in [-0.1, -0.05) is 0 Å². The van der Waals surface area contributed by atoms with Gasteiger partial charge in [0.2, 0.25) is 0 Å². The third-order valence-electron chi connectivity index (χ3n) is 2.59. The lowest BCUT2D eigenvalue weighted by molar-refractivity contribution is 0.701. The van der Waals surface area contributed by atoms with Crippen molar-refractivity contribution < 1.29 is 0 Å². The lowest BCUT2D eigenvalue weighted by Gasteiger charge is -2.03. The van der Waals surface area contributed by atoms with Crippen LogP contribution in [0.2, 0.25) is 0 Å². The van der Waals surface area contributed by atoms with Crippen molar-refractivity contribution in [1.29, 1.82) is 0 Å². The highest BCUT2D eigenvalue weighted by Crippen LogP contribution is 2.25. The van der Waals surface area contributed by atoms with Crippen LogP contribution in [0.3, 0.4) is 0 Å². The molecule has 0 unspecified atom stereocenters. The standard InChI is InChI=1S/C11H16N4/c1-8-11(9-4-3-7-13-9)10(5-6-12)15(2)14-8/h3-4,7,13H,5-6,12H2,1-2H3. The van der Waals surface area contributed by atoms with Crippen molar-refractivity contribution in [3.8, 4) is 11.3 Å². The Morgan fingerprint density at radius 3 is 2.93 bits per heavy atom. The van der Waals surface area contributed by atoms with E-state index in [-0.39, 0.29) is 0 Å². The Labute approximate surface area is 89.1 Å². The summed E-state index contributed by atoms with van der Waals surface area (Å²) < 4.78 is 1.92. The molecule has 4 nitrogen and oxygen atoms in total. The highest BCUT2D eigenvalue weighted by atomic mass is 15.3. The smallest absolute Gasteiger partial charge is 0.0689 e. The normalized spacial score (nSPS) is 10.9. The number of rotatable bonds is 3. The molecule has 4 heteroatoms. The third-order valence-corrected chi connectivity index (χ3v) is 2.59. The Bertz CT molecular complexity index is 439. The number of aryl methyl sites for hydroxylation is 2. The maximum absolute atomic E-state index is 5.61. The van der Waals surface area contributed by atoms with Gasteiger partial charge < -0.3 is 10.7 Å². The van der Waals surface area contributed by atoms with Crippen LogP contribution in [0, 0.1) is 6.92 Å². The number of nitrogens with two attached hydrogens (primary N) is 1. The van der Waals surface area contributed by atoms with E-state index in [1.807, 2.05) is 30.9 Å². The third kappa shape index (κ3) is 1.68. The average molecular weight is 204 g/mol. The maximum Gasteiger partial charge on any atom is 0.0689 e. The highest BCUT2D eigenvalue weighted by Gasteiger charge is 2.14. The van der Waals surface area contributed by atoms with Crippen LogP contribution in [0.5, 0.6) is 0 Å². The fourth-order valence-corrected chi connectivity index (χ4v) is 1.97. The van der Waals surface area contributed by atoms with Crippen LogP contribution >= 0.6 is 0 Å². The Kier molecular flexibility index (Phi) is 2.60. The first kappa shape index (κ1) is 9.98. The van der Waals surface area contributed by atoms with Crippen molar-refractivity contribution in [1.82, 2.24) is 14.8 Å². The Balaban J connectivity index is 2.54. The van der Waals surface area contributed by atoms with Crippen LogP contribution in [0.1, 0.15) is 11.4 Å². The van der Waals surface area contributed by atoms with Crippen molar-refractivity contribution in [3.63, 3.8) is 0 Å². The SMILES string of the molecule is Cc1nn(C)c(CCN)c1-c1ccc[nH]1. The van der Waals surface area contributed by atoms with Gasteiger partial charge in [0.1, 0.15) is 0 Å². The summed E-state index contributed by atoms with van der Waals surface area (Å²) in [5.41, 5.74) is 10.1. The summed E-state index contributed by atoms with van der Waals surface area (Å²) in [5.74, 6) is 0. The minimum absolute atomic E-state index is 0.646. The molecule has 0 aromatic carbocycles. The summed E-state index contributed by atoms with van der Waals surface area (Å²) in [4.78, 5) is 3.21. The predicted molar refractivity (Wildman–Crippen MR) is 60.5 cm³/mol. The first-order valence-corrected chi connectivity index (χ1v) is 5.10. The van der Waals surface area contributed by atoms with E-state index in [4.69, 9.17) is 5.73 Å². The minimum Gasteiger partial charge on any atom is -0.361 e. The zero-order chi connectivity index (χ0) is 10.8. The van der Waals surface area contributed by atoms with Gasteiger partial charge in [0.15, 0.2) is 0 Å². The second-order valence-electron chi connectivity index (χ2n) is 3.65. The quantitative estimate of drug-likeness (QED) is 0.789. The van der Waals surface area contributed by atoms with Crippen LogP contribution in [0.4, 0.5) is 0 Å². The maximum atomic E-state index is 5.61. The molecule has 0 saturated heterocycles. The highest BCUT2D eigenvalue weighted by molar-refractivity contribution is 5.65. The molecule has 0 fully saturated rings. The minimum atomic E-state index is 0.646. The van der Waals surface area contributed by atoms with Gasteiger partial charge in [0.05, 0.1) is 5.69 Å². The molecule has 2 heterocycles. The first-order valence-electron chi connectivity index (χ1n) is 5.10. The molecule has 2 aromatic rings. The van der Waals surface area contributed by atoms with E-state index in [0.29, 0.717) is 6.54 Å². The number of nitrogens with zero attached hydrogens (tertiary/aromatic N) is 2. The van der Waals surface area contributed by atoms with Gasteiger partial charge in [-0.05, 0) is 25.6 Å². The van der Waals surface area contributed by atoms with Crippen LogP contribution in [0.25, 0.3) is 11.3 Å². The van der Waals surface area contributed by atoms with Crippen LogP contribution in [-0.4, -0.2) is 21.3 Å².